The number of para-hydroxylation sites is 1. The maximum absolute atomic E-state index is 6.83. The zero-order valence-corrected chi connectivity index (χ0v) is 32.7. The van der Waals surface area contributed by atoms with Gasteiger partial charge in [-0.1, -0.05) is 119 Å². The SMILES string of the molecule is CC1(C)CCC(C)(C)c2cc(-c3ccc(-c4nc(-c5ccc6ccccc6c5)nc(-c5ccc6sc7ccccc7c6c5)n4)c4c3oc3ccccc34)ccc21. The molecule has 0 atom stereocenters. The number of benzene rings is 7. The second-order valence-corrected chi connectivity index (χ2v) is 17.8. The summed E-state index contributed by atoms with van der Waals surface area (Å²) >= 11 is 1.81. The van der Waals surface area contributed by atoms with Gasteiger partial charge < -0.3 is 4.42 Å². The largest absolute Gasteiger partial charge is 0.455 e. The molecule has 0 saturated carbocycles. The summed E-state index contributed by atoms with van der Waals surface area (Å²) in [6, 6.07) is 49.8. The quantitative estimate of drug-likeness (QED) is 0.180. The first-order chi connectivity index (χ1) is 27.2. The molecular weight excluding hydrogens is 703 g/mol. The highest BCUT2D eigenvalue weighted by molar-refractivity contribution is 7.25. The summed E-state index contributed by atoms with van der Waals surface area (Å²) in [7, 11) is 0. The number of furan rings is 1. The molecule has 3 aromatic heterocycles. The summed E-state index contributed by atoms with van der Waals surface area (Å²) in [6.45, 7) is 9.52. The Labute approximate surface area is 329 Å². The Balaban J connectivity index is 1.15. The van der Waals surface area contributed by atoms with Crippen molar-refractivity contribution in [2.75, 3.05) is 0 Å². The van der Waals surface area contributed by atoms with Gasteiger partial charge in [0.2, 0.25) is 0 Å². The van der Waals surface area contributed by atoms with E-state index in [1.807, 2.05) is 17.4 Å². The van der Waals surface area contributed by atoms with E-state index in [1.54, 1.807) is 0 Å². The molecule has 0 fully saturated rings. The Hall–Kier alpha value is -6.17. The zero-order chi connectivity index (χ0) is 37.8. The van der Waals surface area contributed by atoms with Gasteiger partial charge in [-0.2, -0.15) is 0 Å². The van der Waals surface area contributed by atoms with Crippen LogP contribution in [0, 0.1) is 0 Å². The highest BCUT2D eigenvalue weighted by Crippen LogP contribution is 2.48. The van der Waals surface area contributed by atoms with E-state index in [0.29, 0.717) is 17.5 Å². The van der Waals surface area contributed by atoms with Gasteiger partial charge in [0.25, 0.3) is 0 Å². The Morgan fingerprint density at radius 2 is 1.11 bits per heavy atom. The molecule has 0 spiro atoms. The summed E-state index contributed by atoms with van der Waals surface area (Å²) in [5.74, 6) is 1.89. The summed E-state index contributed by atoms with van der Waals surface area (Å²) in [5.41, 5.74) is 9.84. The summed E-state index contributed by atoms with van der Waals surface area (Å²) in [6.07, 6.45) is 2.34. The third-order valence-corrected chi connectivity index (χ3v) is 13.4. The van der Waals surface area contributed by atoms with E-state index in [9.17, 15) is 0 Å². The van der Waals surface area contributed by atoms with E-state index < -0.39 is 0 Å². The molecule has 0 saturated heterocycles. The Morgan fingerprint density at radius 3 is 1.95 bits per heavy atom. The molecule has 0 bridgehead atoms. The van der Waals surface area contributed by atoms with E-state index in [-0.39, 0.29) is 10.8 Å². The van der Waals surface area contributed by atoms with Crippen molar-refractivity contribution in [1.29, 1.82) is 0 Å². The molecule has 3 heterocycles. The molecule has 0 N–H and O–H groups in total. The molecule has 0 aliphatic heterocycles. The van der Waals surface area contributed by atoms with Crippen molar-refractivity contribution in [2.24, 2.45) is 0 Å². The monoisotopic (exact) mass is 741 g/mol. The van der Waals surface area contributed by atoms with Gasteiger partial charge in [-0.3, -0.25) is 0 Å². The molecule has 0 radical (unpaired) electrons. The second-order valence-electron chi connectivity index (χ2n) is 16.7. The van der Waals surface area contributed by atoms with E-state index in [0.717, 1.165) is 61.6 Å². The molecular formula is C51H39N3OS. The van der Waals surface area contributed by atoms with Crippen LogP contribution in [0.1, 0.15) is 51.7 Å². The van der Waals surface area contributed by atoms with Crippen molar-refractivity contribution in [2.45, 2.75) is 51.4 Å². The number of nitrogens with zero attached hydrogens (tertiary/aromatic N) is 3. The van der Waals surface area contributed by atoms with Crippen LogP contribution in [-0.4, -0.2) is 15.0 Å². The highest BCUT2D eigenvalue weighted by atomic mass is 32.1. The van der Waals surface area contributed by atoms with Crippen LogP contribution >= 0.6 is 11.3 Å². The first-order valence-corrected chi connectivity index (χ1v) is 20.3. The zero-order valence-electron chi connectivity index (χ0n) is 31.9. The number of aromatic nitrogens is 3. The molecule has 0 unspecified atom stereocenters. The maximum Gasteiger partial charge on any atom is 0.164 e. The predicted molar refractivity (Wildman–Crippen MR) is 235 cm³/mol. The van der Waals surface area contributed by atoms with Gasteiger partial charge in [-0.15, -0.1) is 11.3 Å². The predicted octanol–water partition coefficient (Wildman–Crippen LogP) is 14.3. The van der Waals surface area contributed by atoms with Crippen molar-refractivity contribution >= 4 is 64.2 Å². The van der Waals surface area contributed by atoms with E-state index in [2.05, 4.69) is 161 Å². The van der Waals surface area contributed by atoms with Crippen LogP contribution in [0.25, 0.3) is 98.2 Å². The smallest absolute Gasteiger partial charge is 0.164 e. The fraction of sp³-hybridized carbons (Fsp3) is 0.157. The average Bonchev–Trinajstić information content (AvgIpc) is 3.80. The van der Waals surface area contributed by atoms with E-state index >= 15 is 0 Å². The lowest BCUT2D eigenvalue weighted by Crippen LogP contribution is -2.33. The van der Waals surface area contributed by atoms with Crippen molar-refractivity contribution in [1.82, 2.24) is 15.0 Å². The third kappa shape index (κ3) is 5.21. The van der Waals surface area contributed by atoms with Gasteiger partial charge in [0.05, 0.1) is 0 Å². The number of hydrogen-bond donors (Lipinski definition) is 0. The maximum atomic E-state index is 6.83. The highest BCUT2D eigenvalue weighted by Gasteiger charge is 2.37. The van der Waals surface area contributed by atoms with Crippen molar-refractivity contribution in [3.8, 4) is 45.3 Å². The molecule has 56 heavy (non-hydrogen) atoms. The summed E-state index contributed by atoms with van der Waals surface area (Å²) in [5, 5.41) is 6.83. The Bertz CT molecular complexity index is 3220. The van der Waals surface area contributed by atoms with Crippen LogP contribution in [0.4, 0.5) is 0 Å². The molecule has 5 heteroatoms. The number of hydrogen-bond acceptors (Lipinski definition) is 5. The molecule has 0 amide bonds. The van der Waals surface area contributed by atoms with Gasteiger partial charge in [-0.25, -0.2) is 15.0 Å². The molecule has 4 nitrogen and oxygen atoms in total. The van der Waals surface area contributed by atoms with Gasteiger partial charge in [-0.05, 0) is 99.7 Å². The first-order valence-electron chi connectivity index (χ1n) is 19.5. The fourth-order valence-electron chi connectivity index (χ4n) is 8.95. The summed E-state index contributed by atoms with van der Waals surface area (Å²) < 4.78 is 9.34. The lowest BCUT2D eigenvalue weighted by molar-refractivity contribution is 0.332. The minimum Gasteiger partial charge on any atom is -0.455 e. The van der Waals surface area contributed by atoms with Crippen molar-refractivity contribution in [3.63, 3.8) is 0 Å². The van der Waals surface area contributed by atoms with Crippen LogP contribution in [0.15, 0.2) is 144 Å². The van der Waals surface area contributed by atoms with Gasteiger partial charge in [0.15, 0.2) is 17.5 Å². The van der Waals surface area contributed by atoms with Crippen molar-refractivity contribution in [3.05, 3.63) is 151 Å². The lowest BCUT2D eigenvalue weighted by Gasteiger charge is -2.42. The summed E-state index contributed by atoms with van der Waals surface area (Å²) in [4.78, 5) is 15.8. The van der Waals surface area contributed by atoms with Crippen LogP contribution in [0.3, 0.4) is 0 Å². The van der Waals surface area contributed by atoms with Crippen molar-refractivity contribution < 1.29 is 4.42 Å². The normalized spacial score (nSPS) is 14.9. The first kappa shape index (κ1) is 33.2. The minimum absolute atomic E-state index is 0.0898. The third-order valence-electron chi connectivity index (χ3n) is 12.2. The van der Waals surface area contributed by atoms with Gasteiger partial charge >= 0.3 is 0 Å². The van der Waals surface area contributed by atoms with Gasteiger partial charge in [0, 0.05) is 53.2 Å². The second kappa shape index (κ2) is 12.2. The van der Waals surface area contributed by atoms with Crippen LogP contribution < -0.4 is 0 Å². The molecule has 7 aromatic carbocycles. The van der Waals surface area contributed by atoms with E-state index in [1.165, 1.54) is 43.1 Å². The van der Waals surface area contributed by atoms with Gasteiger partial charge in [0.1, 0.15) is 11.2 Å². The Morgan fingerprint density at radius 1 is 0.482 bits per heavy atom. The number of thiophene rings is 1. The topological polar surface area (TPSA) is 51.8 Å². The molecule has 10 aromatic rings. The number of rotatable bonds is 4. The molecule has 1 aliphatic rings. The Kier molecular flexibility index (Phi) is 7.21. The average molecular weight is 742 g/mol. The van der Waals surface area contributed by atoms with Crippen LogP contribution in [0.2, 0.25) is 0 Å². The van der Waals surface area contributed by atoms with Crippen LogP contribution in [-0.2, 0) is 10.8 Å². The molecule has 11 rings (SSSR count). The number of fused-ring (bicyclic) bond motifs is 8. The lowest BCUT2D eigenvalue weighted by atomic mass is 9.63. The fourth-order valence-corrected chi connectivity index (χ4v) is 10.0. The molecule has 1 aliphatic carbocycles. The van der Waals surface area contributed by atoms with Crippen LogP contribution in [0.5, 0.6) is 0 Å². The van der Waals surface area contributed by atoms with E-state index in [4.69, 9.17) is 19.4 Å². The standard InChI is InChI=1S/C51H39N3OS/c1-50(2)25-26-51(3,4)41-29-32(19-23-40(41)50)35-21-22-38(45-37-14-7-9-15-42(37)55-46(35)45)49-53-47(33-18-17-30-11-5-6-12-31(30)27-33)52-48(54-49)34-20-24-44-39(28-34)36-13-8-10-16-43(36)56-44/h5-24,27-29H,25-26H2,1-4H3. The molecule has 270 valence electrons. The minimum atomic E-state index is 0.0898.